The second-order valence-corrected chi connectivity index (χ2v) is 6.70. The van der Waals surface area contributed by atoms with Crippen molar-refractivity contribution in [2.75, 3.05) is 36.0 Å². The lowest BCUT2D eigenvalue weighted by molar-refractivity contribution is -0.385. The summed E-state index contributed by atoms with van der Waals surface area (Å²) in [6, 6.07) is 13.9. The number of anilines is 2. The van der Waals surface area contributed by atoms with Crippen molar-refractivity contribution < 1.29 is 4.92 Å². The zero-order chi connectivity index (χ0) is 16.7. The number of pyridine rings is 1. The van der Waals surface area contributed by atoms with E-state index < -0.39 is 0 Å². The fraction of sp³-hybridized carbons (Fsp3) is 0.389. The van der Waals surface area contributed by atoms with Gasteiger partial charge < -0.3 is 9.80 Å². The number of fused-ring (bicyclic) bond motifs is 1. The lowest BCUT2D eigenvalue weighted by Gasteiger charge is -2.24. The molecule has 1 aromatic carbocycles. The van der Waals surface area contributed by atoms with E-state index in [-0.39, 0.29) is 10.6 Å². The van der Waals surface area contributed by atoms with Gasteiger partial charge in [-0.05, 0) is 25.1 Å². The molecule has 0 spiro atoms. The molecule has 6 nitrogen and oxygen atoms in total. The average molecular weight is 324 g/mol. The molecule has 0 bridgehead atoms. The highest BCUT2D eigenvalue weighted by Gasteiger charge is 2.40. The van der Waals surface area contributed by atoms with Crippen LogP contribution in [0.4, 0.5) is 17.2 Å². The molecule has 0 saturated carbocycles. The van der Waals surface area contributed by atoms with Gasteiger partial charge >= 0.3 is 0 Å². The van der Waals surface area contributed by atoms with Crippen LogP contribution in [0.25, 0.3) is 0 Å². The van der Waals surface area contributed by atoms with E-state index in [4.69, 9.17) is 0 Å². The third-order valence-electron chi connectivity index (χ3n) is 5.17. The highest BCUT2D eigenvalue weighted by Crippen LogP contribution is 2.36. The number of nitro groups is 1. The van der Waals surface area contributed by atoms with Crippen LogP contribution in [0.2, 0.25) is 0 Å². The zero-order valence-electron chi connectivity index (χ0n) is 13.6. The third-order valence-corrected chi connectivity index (χ3v) is 5.17. The van der Waals surface area contributed by atoms with E-state index in [2.05, 4.69) is 39.0 Å². The Bertz CT molecular complexity index is 751. The van der Waals surface area contributed by atoms with Gasteiger partial charge in [0.15, 0.2) is 0 Å². The summed E-state index contributed by atoms with van der Waals surface area (Å²) < 4.78 is 0. The standard InChI is InChI=1S/C18H20N4O2/c1-13-17(22(23)24)7-8-18(19-13)21-11-14-9-20(10-15(14)12-21)16-5-3-2-4-6-16/h2-8,14-15H,9-12H2,1H3/t14-,15-/m1/s1. The predicted octanol–water partition coefficient (Wildman–Crippen LogP) is 2.87. The zero-order valence-corrected chi connectivity index (χ0v) is 13.6. The Morgan fingerprint density at radius 3 is 2.21 bits per heavy atom. The summed E-state index contributed by atoms with van der Waals surface area (Å²) in [6.07, 6.45) is 0. The highest BCUT2D eigenvalue weighted by molar-refractivity contribution is 5.51. The minimum Gasteiger partial charge on any atom is -0.371 e. The summed E-state index contributed by atoms with van der Waals surface area (Å²) in [6.45, 7) is 5.78. The van der Waals surface area contributed by atoms with Crippen molar-refractivity contribution in [2.24, 2.45) is 11.8 Å². The molecule has 2 atom stereocenters. The molecular weight excluding hydrogens is 304 g/mol. The van der Waals surface area contributed by atoms with Gasteiger partial charge in [0.1, 0.15) is 11.5 Å². The van der Waals surface area contributed by atoms with Crippen molar-refractivity contribution in [2.45, 2.75) is 6.92 Å². The Labute approximate surface area is 140 Å². The Hall–Kier alpha value is -2.63. The smallest absolute Gasteiger partial charge is 0.290 e. The predicted molar refractivity (Wildman–Crippen MR) is 93.5 cm³/mol. The first-order chi connectivity index (χ1) is 11.6. The molecular formula is C18H20N4O2. The van der Waals surface area contributed by atoms with Gasteiger partial charge in [0.25, 0.3) is 5.69 Å². The lowest BCUT2D eigenvalue weighted by atomic mass is 10.0. The monoisotopic (exact) mass is 324 g/mol. The van der Waals surface area contributed by atoms with Crippen molar-refractivity contribution >= 4 is 17.2 Å². The van der Waals surface area contributed by atoms with Gasteiger partial charge in [0, 0.05) is 49.8 Å². The Kier molecular flexibility index (Phi) is 3.59. The van der Waals surface area contributed by atoms with Gasteiger partial charge in [-0.2, -0.15) is 0 Å². The number of rotatable bonds is 3. The van der Waals surface area contributed by atoms with E-state index >= 15 is 0 Å². The number of hydrogen-bond acceptors (Lipinski definition) is 5. The number of aryl methyl sites for hydroxylation is 1. The van der Waals surface area contributed by atoms with Crippen LogP contribution in [0.1, 0.15) is 5.69 Å². The van der Waals surface area contributed by atoms with Crippen LogP contribution in [-0.4, -0.2) is 36.1 Å². The fourth-order valence-electron chi connectivity index (χ4n) is 3.94. The second-order valence-electron chi connectivity index (χ2n) is 6.70. The van der Waals surface area contributed by atoms with E-state index in [1.165, 1.54) is 5.69 Å². The van der Waals surface area contributed by atoms with E-state index in [0.29, 0.717) is 17.5 Å². The Balaban J connectivity index is 1.46. The number of hydrogen-bond donors (Lipinski definition) is 0. The maximum absolute atomic E-state index is 10.9. The quantitative estimate of drug-likeness (QED) is 0.642. The van der Waals surface area contributed by atoms with Crippen molar-refractivity contribution in [1.29, 1.82) is 0 Å². The molecule has 4 rings (SSSR count). The summed E-state index contributed by atoms with van der Waals surface area (Å²) in [5.74, 6) is 2.11. The van der Waals surface area contributed by atoms with Crippen LogP contribution in [0.15, 0.2) is 42.5 Å². The molecule has 3 heterocycles. The normalized spacial score (nSPS) is 22.7. The molecule has 2 aliphatic rings. The first kappa shape index (κ1) is 14.9. The molecule has 2 fully saturated rings. The Morgan fingerprint density at radius 2 is 1.62 bits per heavy atom. The summed E-state index contributed by atoms with van der Waals surface area (Å²) in [4.78, 5) is 19.7. The van der Waals surface area contributed by atoms with E-state index in [0.717, 1.165) is 32.0 Å². The molecule has 0 amide bonds. The third kappa shape index (κ3) is 2.58. The van der Waals surface area contributed by atoms with Crippen LogP contribution >= 0.6 is 0 Å². The van der Waals surface area contributed by atoms with Gasteiger partial charge in [-0.25, -0.2) is 4.98 Å². The van der Waals surface area contributed by atoms with Gasteiger partial charge in [-0.1, -0.05) is 18.2 Å². The molecule has 2 aliphatic heterocycles. The second kappa shape index (κ2) is 5.78. The Morgan fingerprint density at radius 1 is 1.00 bits per heavy atom. The minimum atomic E-state index is -0.372. The SMILES string of the molecule is Cc1nc(N2C[C@H]3CN(c4ccccc4)C[C@@H]3C2)ccc1[N+](=O)[O-]. The molecule has 24 heavy (non-hydrogen) atoms. The molecule has 1 aromatic heterocycles. The van der Waals surface area contributed by atoms with Gasteiger partial charge in [0.2, 0.25) is 0 Å². The van der Waals surface area contributed by atoms with Crippen LogP contribution in [0.3, 0.4) is 0 Å². The average Bonchev–Trinajstić information content (AvgIpc) is 3.14. The summed E-state index contributed by atoms with van der Waals surface area (Å²) in [7, 11) is 0. The molecule has 6 heteroatoms. The molecule has 2 aromatic rings. The molecule has 0 unspecified atom stereocenters. The van der Waals surface area contributed by atoms with E-state index in [9.17, 15) is 10.1 Å². The van der Waals surface area contributed by atoms with Crippen LogP contribution in [-0.2, 0) is 0 Å². The first-order valence-corrected chi connectivity index (χ1v) is 8.29. The number of nitrogens with zero attached hydrogens (tertiary/aromatic N) is 4. The lowest BCUT2D eigenvalue weighted by Crippen LogP contribution is -2.29. The van der Waals surface area contributed by atoms with Crippen molar-refractivity contribution in [3.05, 3.63) is 58.3 Å². The van der Waals surface area contributed by atoms with Crippen molar-refractivity contribution in [3.63, 3.8) is 0 Å². The van der Waals surface area contributed by atoms with Crippen LogP contribution in [0.5, 0.6) is 0 Å². The molecule has 0 N–H and O–H groups in total. The molecule has 0 aliphatic carbocycles. The largest absolute Gasteiger partial charge is 0.371 e. The van der Waals surface area contributed by atoms with Crippen LogP contribution < -0.4 is 9.80 Å². The minimum absolute atomic E-state index is 0.0911. The van der Waals surface area contributed by atoms with Gasteiger partial charge in [-0.15, -0.1) is 0 Å². The van der Waals surface area contributed by atoms with Crippen molar-refractivity contribution in [1.82, 2.24) is 4.98 Å². The first-order valence-electron chi connectivity index (χ1n) is 8.29. The fourth-order valence-corrected chi connectivity index (χ4v) is 3.94. The highest BCUT2D eigenvalue weighted by atomic mass is 16.6. The number of para-hydroxylation sites is 1. The topological polar surface area (TPSA) is 62.5 Å². The molecule has 2 saturated heterocycles. The molecule has 124 valence electrons. The number of aromatic nitrogens is 1. The number of benzene rings is 1. The van der Waals surface area contributed by atoms with E-state index in [1.807, 2.05) is 6.07 Å². The summed E-state index contributed by atoms with van der Waals surface area (Å²) in [5.41, 5.74) is 1.87. The maximum Gasteiger partial charge on any atom is 0.290 e. The summed E-state index contributed by atoms with van der Waals surface area (Å²) in [5, 5.41) is 10.9. The van der Waals surface area contributed by atoms with Gasteiger partial charge in [0.05, 0.1) is 4.92 Å². The maximum atomic E-state index is 10.9. The van der Waals surface area contributed by atoms with Crippen LogP contribution in [0, 0.1) is 28.9 Å². The van der Waals surface area contributed by atoms with E-state index in [1.54, 1.807) is 19.1 Å². The summed E-state index contributed by atoms with van der Waals surface area (Å²) >= 11 is 0. The molecule has 0 radical (unpaired) electrons. The van der Waals surface area contributed by atoms with Crippen molar-refractivity contribution in [3.8, 4) is 0 Å². The van der Waals surface area contributed by atoms with Gasteiger partial charge in [-0.3, -0.25) is 10.1 Å².